The fourth-order valence-corrected chi connectivity index (χ4v) is 9.69. The van der Waals surface area contributed by atoms with Crippen molar-refractivity contribution in [2.45, 2.75) is 19.3 Å². The van der Waals surface area contributed by atoms with Gasteiger partial charge in [0.25, 0.3) is 0 Å². The monoisotopic (exact) mass is 743 g/mol. The van der Waals surface area contributed by atoms with Gasteiger partial charge >= 0.3 is 0 Å². The molecule has 3 heteroatoms. The van der Waals surface area contributed by atoms with Gasteiger partial charge in [0, 0.05) is 55.5 Å². The van der Waals surface area contributed by atoms with Crippen LogP contribution in [0.2, 0.25) is 0 Å². The fourth-order valence-electron chi connectivity index (χ4n) is 9.69. The van der Waals surface area contributed by atoms with Crippen molar-refractivity contribution in [3.05, 3.63) is 199 Å². The molecule has 3 nitrogen and oxygen atoms in total. The van der Waals surface area contributed by atoms with Crippen molar-refractivity contribution in [1.82, 2.24) is 0 Å². The Balaban J connectivity index is 1.14. The summed E-state index contributed by atoms with van der Waals surface area (Å²) in [4.78, 5) is 2.42. The number of fused-ring (bicyclic) bond motifs is 10. The number of furan rings is 2. The van der Waals surface area contributed by atoms with E-state index in [4.69, 9.17) is 8.83 Å². The van der Waals surface area contributed by atoms with Gasteiger partial charge in [0.2, 0.25) is 0 Å². The van der Waals surface area contributed by atoms with Crippen molar-refractivity contribution in [1.29, 1.82) is 0 Å². The Labute approximate surface area is 336 Å². The summed E-state index contributed by atoms with van der Waals surface area (Å²) in [5, 5.41) is 6.86. The predicted octanol–water partition coefficient (Wildman–Crippen LogP) is 15.7. The molecule has 0 radical (unpaired) electrons. The van der Waals surface area contributed by atoms with E-state index in [1.165, 1.54) is 33.0 Å². The molecule has 1 aliphatic rings. The topological polar surface area (TPSA) is 29.5 Å². The molecule has 0 amide bonds. The molecule has 9 aromatic carbocycles. The zero-order valence-electron chi connectivity index (χ0n) is 32.2. The maximum atomic E-state index is 6.54. The minimum absolute atomic E-state index is 0.160. The van der Waals surface area contributed by atoms with Gasteiger partial charge in [-0.2, -0.15) is 0 Å². The van der Waals surface area contributed by atoms with E-state index >= 15 is 0 Å². The Kier molecular flexibility index (Phi) is 6.98. The van der Waals surface area contributed by atoms with Crippen molar-refractivity contribution in [3.63, 3.8) is 0 Å². The normalized spacial score (nSPS) is 13.1. The van der Waals surface area contributed by atoms with Gasteiger partial charge in [0.15, 0.2) is 0 Å². The molecule has 11 aromatic rings. The van der Waals surface area contributed by atoms with Gasteiger partial charge in [-0.1, -0.05) is 135 Å². The molecule has 0 fully saturated rings. The van der Waals surface area contributed by atoms with Crippen LogP contribution in [0.5, 0.6) is 0 Å². The summed E-state index contributed by atoms with van der Waals surface area (Å²) in [6, 6.07) is 67.8. The summed E-state index contributed by atoms with van der Waals surface area (Å²) < 4.78 is 13.1. The van der Waals surface area contributed by atoms with Gasteiger partial charge in [0.1, 0.15) is 22.3 Å². The molecule has 0 bridgehead atoms. The van der Waals surface area contributed by atoms with Gasteiger partial charge in [0.05, 0.1) is 5.69 Å². The Morgan fingerprint density at radius 1 is 0.397 bits per heavy atom. The molecule has 274 valence electrons. The number of nitrogens with zero attached hydrogens (tertiary/aromatic N) is 1. The van der Waals surface area contributed by atoms with E-state index in [0.717, 1.165) is 83.2 Å². The van der Waals surface area contributed by atoms with Crippen LogP contribution in [-0.4, -0.2) is 0 Å². The van der Waals surface area contributed by atoms with Crippen LogP contribution in [0.4, 0.5) is 17.1 Å². The summed E-state index contributed by atoms with van der Waals surface area (Å²) in [5.41, 5.74) is 16.4. The standard InChI is InChI=1S/C55H37NO2/c1-55(2)46-19-9-5-15-39(46)40-27-25-37(32-47(40)55)56(38-26-28-43-42-17-7-11-21-49(42)58-52(43)33-38)48-20-10-6-16-41(48)44-29-30-51-54(45-18-8-12-22-50(45)57-51)53(44)36-24-23-34-13-3-4-14-35(34)31-36/h3-33H,1-2H3. The Bertz CT molecular complexity index is 3450. The third-order valence-electron chi connectivity index (χ3n) is 12.5. The molecule has 58 heavy (non-hydrogen) atoms. The second-order valence-corrected chi connectivity index (χ2v) is 16.1. The summed E-state index contributed by atoms with van der Waals surface area (Å²) in [6.07, 6.45) is 0. The van der Waals surface area contributed by atoms with Gasteiger partial charge < -0.3 is 13.7 Å². The third-order valence-corrected chi connectivity index (χ3v) is 12.5. The van der Waals surface area contributed by atoms with Gasteiger partial charge in [-0.25, -0.2) is 0 Å². The minimum Gasteiger partial charge on any atom is -0.456 e. The first-order valence-electron chi connectivity index (χ1n) is 20.0. The maximum Gasteiger partial charge on any atom is 0.137 e. The largest absolute Gasteiger partial charge is 0.456 e. The van der Waals surface area contributed by atoms with E-state index in [-0.39, 0.29) is 5.41 Å². The second-order valence-electron chi connectivity index (χ2n) is 16.1. The summed E-state index contributed by atoms with van der Waals surface area (Å²) >= 11 is 0. The Morgan fingerprint density at radius 3 is 1.90 bits per heavy atom. The van der Waals surface area contributed by atoms with Crippen molar-refractivity contribution >= 4 is 71.7 Å². The Hall–Kier alpha value is -7.36. The van der Waals surface area contributed by atoms with Crippen LogP contribution in [0.25, 0.3) is 88.0 Å². The van der Waals surface area contributed by atoms with Crippen LogP contribution in [0.1, 0.15) is 25.0 Å². The first-order chi connectivity index (χ1) is 28.5. The van der Waals surface area contributed by atoms with E-state index < -0.39 is 0 Å². The maximum absolute atomic E-state index is 6.54. The van der Waals surface area contributed by atoms with Crippen LogP contribution in [0.15, 0.2) is 197 Å². The molecule has 0 N–H and O–H groups in total. The van der Waals surface area contributed by atoms with Gasteiger partial charge in [-0.05, 0) is 105 Å². The zero-order chi connectivity index (χ0) is 38.5. The lowest BCUT2D eigenvalue weighted by atomic mass is 9.82. The van der Waals surface area contributed by atoms with Crippen LogP contribution in [0.3, 0.4) is 0 Å². The summed E-state index contributed by atoms with van der Waals surface area (Å²) in [7, 11) is 0. The van der Waals surface area contributed by atoms with Crippen molar-refractivity contribution in [2.24, 2.45) is 0 Å². The summed E-state index contributed by atoms with van der Waals surface area (Å²) in [6.45, 7) is 4.70. The molecule has 0 atom stereocenters. The van der Waals surface area contributed by atoms with E-state index in [0.29, 0.717) is 0 Å². The highest BCUT2D eigenvalue weighted by Gasteiger charge is 2.36. The highest BCUT2D eigenvalue weighted by atomic mass is 16.3. The first-order valence-corrected chi connectivity index (χ1v) is 20.0. The van der Waals surface area contributed by atoms with Crippen LogP contribution in [-0.2, 0) is 5.41 Å². The van der Waals surface area contributed by atoms with E-state index in [1.807, 2.05) is 18.2 Å². The molecule has 1 aliphatic carbocycles. The average molecular weight is 744 g/mol. The average Bonchev–Trinajstić information content (AvgIpc) is 3.91. The van der Waals surface area contributed by atoms with Crippen LogP contribution in [0, 0.1) is 0 Å². The lowest BCUT2D eigenvalue weighted by Crippen LogP contribution is -2.17. The van der Waals surface area contributed by atoms with E-state index in [9.17, 15) is 0 Å². The molecule has 0 aliphatic heterocycles. The highest BCUT2D eigenvalue weighted by molar-refractivity contribution is 6.17. The van der Waals surface area contributed by atoms with Crippen molar-refractivity contribution in [3.8, 4) is 33.4 Å². The van der Waals surface area contributed by atoms with Gasteiger partial charge in [-0.3, -0.25) is 0 Å². The minimum atomic E-state index is -0.160. The number of hydrogen-bond donors (Lipinski definition) is 0. The van der Waals surface area contributed by atoms with Crippen LogP contribution < -0.4 is 4.90 Å². The lowest BCUT2D eigenvalue weighted by molar-refractivity contribution is 0.660. The SMILES string of the molecule is CC1(C)c2ccccc2-c2ccc(N(c3ccc4c(c3)oc3ccccc34)c3ccccc3-c3ccc4oc5ccccc5c4c3-c3ccc4ccccc4c3)cc21. The highest BCUT2D eigenvalue weighted by Crippen LogP contribution is 2.52. The first kappa shape index (κ1) is 32.8. The lowest BCUT2D eigenvalue weighted by Gasteiger charge is -2.30. The summed E-state index contributed by atoms with van der Waals surface area (Å²) in [5.74, 6) is 0. The molecule has 2 heterocycles. The Morgan fingerprint density at radius 2 is 1.02 bits per heavy atom. The molecular weight excluding hydrogens is 707 g/mol. The smallest absolute Gasteiger partial charge is 0.137 e. The van der Waals surface area contributed by atoms with Crippen molar-refractivity contribution in [2.75, 3.05) is 4.90 Å². The molecule has 0 unspecified atom stereocenters. The quantitative estimate of drug-likeness (QED) is 0.176. The molecule has 0 saturated carbocycles. The predicted molar refractivity (Wildman–Crippen MR) is 242 cm³/mol. The molecule has 0 saturated heterocycles. The van der Waals surface area contributed by atoms with Crippen LogP contribution >= 0.6 is 0 Å². The molecule has 2 aromatic heterocycles. The third kappa shape index (κ3) is 4.80. The molecule has 12 rings (SSSR count). The number of para-hydroxylation sites is 3. The zero-order valence-corrected chi connectivity index (χ0v) is 32.2. The molecular formula is C55H37NO2. The molecule has 0 spiro atoms. The number of anilines is 3. The number of benzene rings is 9. The fraction of sp³-hybridized carbons (Fsp3) is 0.0545. The number of rotatable bonds is 5. The van der Waals surface area contributed by atoms with E-state index in [1.54, 1.807) is 0 Å². The second kappa shape index (κ2) is 12.3. The van der Waals surface area contributed by atoms with E-state index in [2.05, 4.69) is 189 Å². The van der Waals surface area contributed by atoms with Crippen molar-refractivity contribution < 1.29 is 8.83 Å². The number of hydrogen-bond acceptors (Lipinski definition) is 3. The van der Waals surface area contributed by atoms with Gasteiger partial charge in [-0.15, -0.1) is 0 Å².